The number of rotatable bonds is 7. The Balaban J connectivity index is 2.65. The molecule has 0 heterocycles. The quantitative estimate of drug-likeness (QED) is 0.778. The highest BCUT2D eigenvalue weighted by atomic mass is 35.5. The van der Waals surface area contributed by atoms with Crippen molar-refractivity contribution in [2.45, 2.75) is 45.6 Å². The second-order valence-corrected chi connectivity index (χ2v) is 5.65. The number of amides is 1. The number of anilines is 1. The molecule has 2 N–H and O–H groups in total. The van der Waals surface area contributed by atoms with Gasteiger partial charge in [-0.15, -0.1) is 0 Å². The number of hydrogen-bond donors (Lipinski definition) is 2. The number of halogens is 2. The Hall–Kier alpha value is -0.770. The van der Waals surface area contributed by atoms with Gasteiger partial charge < -0.3 is 10.6 Å². The molecule has 0 bridgehead atoms. The fourth-order valence-electron chi connectivity index (χ4n) is 2.19. The van der Waals surface area contributed by atoms with E-state index < -0.39 is 0 Å². The van der Waals surface area contributed by atoms with Gasteiger partial charge in [-0.3, -0.25) is 4.79 Å². The summed E-state index contributed by atoms with van der Waals surface area (Å²) >= 11 is 12.1. The molecule has 1 aromatic carbocycles. The molecule has 112 valence electrons. The van der Waals surface area contributed by atoms with E-state index in [1.165, 1.54) is 0 Å². The van der Waals surface area contributed by atoms with Gasteiger partial charge >= 0.3 is 0 Å². The van der Waals surface area contributed by atoms with Gasteiger partial charge in [0.25, 0.3) is 0 Å². The van der Waals surface area contributed by atoms with Crippen LogP contribution in [0.1, 0.15) is 40.0 Å². The molecule has 1 aromatic rings. The topological polar surface area (TPSA) is 41.1 Å². The smallest absolute Gasteiger partial charge is 0.238 e. The minimum Gasteiger partial charge on any atom is -0.322 e. The summed E-state index contributed by atoms with van der Waals surface area (Å²) in [5.41, 5.74) is 0.486. The average Bonchev–Trinajstić information content (AvgIpc) is 2.45. The Labute approximate surface area is 131 Å². The molecule has 0 saturated carbocycles. The summed E-state index contributed by atoms with van der Waals surface area (Å²) in [5.74, 6) is -0.139. The Kier molecular flexibility index (Phi) is 6.80. The van der Waals surface area contributed by atoms with E-state index in [9.17, 15) is 4.79 Å². The van der Waals surface area contributed by atoms with Crippen molar-refractivity contribution in [3.8, 4) is 0 Å². The Morgan fingerprint density at radius 2 is 1.60 bits per heavy atom. The maximum absolute atomic E-state index is 12.0. The SMILES string of the molecule is CCC(CC)(CC)NCC(=O)Nc1c(Cl)cccc1Cl. The van der Waals surface area contributed by atoms with E-state index in [0.717, 1.165) is 19.3 Å². The second kappa shape index (κ2) is 7.87. The maximum atomic E-state index is 12.0. The van der Waals surface area contributed by atoms with Crippen molar-refractivity contribution < 1.29 is 4.79 Å². The predicted molar refractivity (Wildman–Crippen MR) is 86.7 cm³/mol. The van der Waals surface area contributed by atoms with Gasteiger partial charge in [-0.05, 0) is 31.4 Å². The number of carbonyl (C=O) groups is 1. The summed E-state index contributed by atoms with van der Waals surface area (Å²) in [5, 5.41) is 6.99. The Morgan fingerprint density at radius 3 is 2.05 bits per heavy atom. The molecule has 0 radical (unpaired) electrons. The third-order valence-corrected chi connectivity index (χ3v) is 4.51. The standard InChI is InChI=1S/C15H22Cl2N2O/c1-4-15(5-2,6-3)18-10-13(20)19-14-11(16)8-7-9-12(14)17/h7-9,18H,4-6,10H2,1-3H3,(H,19,20). The summed E-state index contributed by atoms with van der Waals surface area (Å²) in [6.45, 7) is 6.63. The van der Waals surface area contributed by atoms with E-state index in [4.69, 9.17) is 23.2 Å². The maximum Gasteiger partial charge on any atom is 0.238 e. The first-order chi connectivity index (χ1) is 9.48. The van der Waals surface area contributed by atoms with E-state index in [0.29, 0.717) is 15.7 Å². The highest BCUT2D eigenvalue weighted by molar-refractivity contribution is 6.39. The molecule has 0 saturated heterocycles. The van der Waals surface area contributed by atoms with Crippen LogP contribution < -0.4 is 10.6 Å². The largest absolute Gasteiger partial charge is 0.322 e. The van der Waals surface area contributed by atoms with Crippen LogP contribution in [-0.2, 0) is 4.79 Å². The summed E-state index contributed by atoms with van der Waals surface area (Å²) in [4.78, 5) is 12.0. The van der Waals surface area contributed by atoms with E-state index in [2.05, 4.69) is 31.4 Å². The predicted octanol–water partition coefficient (Wildman–Crippen LogP) is 4.49. The number of nitrogens with one attached hydrogen (secondary N) is 2. The molecule has 0 aliphatic carbocycles. The van der Waals surface area contributed by atoms with Gasteiger partial charge in [0.2, 0.25) is 5.91 Å². The fourth-order valence-corrected chi connectivity index (χ4v) is 2.69. The number of hydrogen-bond acceptors (Lipinski definition) is 2. The van der Waals surface area contributed by atoms with Crippen molar-refractivity contribution >= 4 is 34.8 Å². The second-order valence-electron chi connectivity index (χ2n) is 4.84. The van der Waals surface area contributed by atoms with Gasteiger partial charge in [0.05, 0.1) is 22.3 Å². The molecule has 0 aromatic heterocycles. The van der Waals surface area contributed by atoms with Crippen molar-refractivity contribution in [3.63, 3.8) is 0 Å². The van der Waals surface area contributed by atoms with Gasteiger partial charge in [0, 0.05) is 5.54 Å². The minimum absolute atomic E-state index is 0.0155. The van der Waals surface area contributed by atoms with Gasteiger partial charge in [-0.25, -0.2) is 0 Å². The molecule has 0 aliphatic rings. The van der Waals surface area contributed by atoms with Crippen LogP contribution in [0.25, 0.3) is 0 Å². The first-order valence-corrected chi connectivity index (χ1v) is 7.72. The van der Waals surface area contributed by atoms with Gasteiger partial charge in [0.15, 0.2) is 0 Å². The van der Waals surface area contributed by atoms with Crippen LogP contribution >= 0.6 is 23.2 Å². The van der Waals surface area contributed by atoms with Crippen LogP contribution in [0.2, 0.25) is 10.0 Å². The molecule has 1 amide bonds. The Bertz CT molecular complexity index is 431. The van der Waals surface area contributed by atoms with E-state index in [1.807, 2.05) is 0 Å². The summed E-state index contributed by atoms with van der Waals surface area (Å²) < 4.78 is 0. The summed E-state index contributed by atoms with van der Waals surface area (Å²) in [6.07, 6.45) is 2.96. The van der Waals surface area contributed by atoms with Gasteiger partial charge in [0.1, 0.15) is 0 Å². The van der Waals surface area contributed by atoms with Crippen molar-refractivity contribution in [1.29, 1.82) is 0 Å². The number of carbonyl (C=O) groups excluding carboxylic acids is 1. The molecule has 3 nitrogen and oxygen atoms in total. The lowest BCUT2D eigenvalue weighted by molar-refractivity contribution is -0.115. The van der Waals surface area contributed by atoms with Crippen LogP contribution in [0.5, 0.6) is 0 Å². The first-order valence-electron chi connectivity index (χ1n) is 6.97. The van der Waals surface area contributed by atoms with Gasteiger partial charge in [-0.1, -0.05) is 50.0 Å². The van der Waals surface area contributed by atoms with Gasteiger partial charge in [-0.2, -0.15) is 0 Å². The van der Waals surface area contributed by atoms with E-state index in [1.54, 1.807) is 18.2 Å². The minimum atomic E-state index is -0.139. The van der Waals surface area contributed by atoms with E-state index in [-0.39, 0.29) is 18.0 Å². The third-order valence-electron chi connectivity index (χ3n) is 3.88. The lowest BCUT2D eigenvalue weighted by Gasteiger charge is -2.31. The zero-order valence-electron chi connectivity index (χ0n) is 12.2. The molecule has 1 rings (SSSR count). The molecule has 0 fully saturated rings. The van der Waals surface area contributed by atoms with Crippen molar-refractivity contribution in [3.05, 3.63) is 28.2 Å². The Morgan fingerprint density at radius 1 is 1.10 bits per heavy atom. The number of benzene rings is 1. The van der Waals surface area contributed by atoms with Crippen molar-refractivity contribution in [1.82, 2.24) is 5.32 Å². The van der Waals surface area contributed by atoms with E-state index >= 15 is 0 Å². The normalized spacial score (nSPS) is 11.4. The van der Waals surface area contributed by atoms with Crippen LogP contribution in [0.3, 0.4) is 0 Å². The molecule has 20 heavy (non-hydrogen) atoms. The fraction of sp³-hybridized carbons (Fsp3) is 0.533. The highest BCUT2D eigenvalue weighted by Gasteiger charge is 2.23. The lowest BCUT2D eigenvalue weighted by Crippen LogP contribution is -2.47. The average molecular weight is 317 g/mol. The van der Waals surface area contributed by atoms with Crippen molar-refractivity contribution in [2.75, 3.05) is 11.9 Å². The number of para-hydroxylation sites is 1. The molecule has 5 heteroatoms. The van der Waals surface area contributed by atoms with Crippen LogP contribution in [0.4, 0.5) is 5.69 Å². The summed E-state index contributed by atoms with van der Waals surface area (Å²) in [7, 11) is 0. The molecule has 0 aliphatic heterocycles. The molecular formula is C15H22Cl2N2O. The van der Waals surface area contributed by atoms with Crippen molar-refractivity contribution in [2.24, 2.45) is 0 Å². The monoisotopic (exact) mass is 316 g/mol. The summed E-state index contributed by atoms with van der Waals surface area (Å²) in [6, 6.07) is 5.14. The highest BCUT2D eigenvalue weighted by Crippen LogP contribution is 2.29. The van der Waals surface area contributed by atoms with Crippen LogP contribution in [0.15, 0.2) is 18.2 Å². The third kappa shape index (κ3) is 4.37. The molecule has 0 spiro atoms. The van der Waals surface area contributed by atoms with Crippen LogP contribution in [0, 0.1) is 0 Å². The first kappa shape index (κ1) is 17.3. The van der Waals surface area contributed by atoms with Crippen LogP contribution in [-0.4, -0.2) is 18.0 Å². The zero-order chi connectivity index (χ0) is 15.2. The molecular weight excluding hydrogens is 295 g/mol. The molecule has 0 atom stereocenters. The molecule has 0 unspecified atom stereocenters. The zero-order valence-corrected chi connectivity index (χ0v) is 13.7. The lowest BCUT2D eigenvalue weighted by atomic mass is 9.90.